The Bertz CT molecular complexity index is 1120. The van der Waals surface area contributed by atoms with Gasteiger partial charge in [-0.2, -0.15) is 4.31 Å². The molecule has 0 aliphatic carbocycles. The van der Waals surface area contributed by atoms with E-state index in [-0.39, 0.29) is 17.2 Å². The highest BCUT2D eigenvalue weighted by molar-refractivity contribution is 7.91. The zero-order chi connectivity index (χ0) is 21.7. The van der Waals surface area contributed by atoms with Crippen LogP contribution in [0.25, 0.3) is 0 Å². The van der Waals surface area contributed by atoms with Crippen molar-refractivity contribution in [1.82, 2.24) is 9.29 Å². The minimum absolute atomic E-state index is 0.0411. The van der Waals surface area contributed by atoms with E-state index in [0.717, 1.165) is 41.4 Å². The Hall–Kier alpha value is -2.27. The molecule has 1 saturated heterocycles. The summed E-state index contributed by atoms with van der Waals surface area (Å²) < 4.78 is 32.6. The van der Waals surface area contributed by atoms with Crippen molar-refractivity contribution in [2.45, 2.75) is 36.5 Å². The highest BCUT2D eigenvalue weighted by Crippen LogP contribution is 2.27. The van der Waals surface area contributed by atoms with E-state index in [9.17, 15) is 13.2 Å². The van der Waals surface area contributed by atoms with Crippen molar-refractivity contribution in [3.8, 4) is 0 Å². The van der Waals surface area contributed by atoms with Crippen LogP contribution in [-0.4, -0.2) is 36.8 Å². The van der Waals surface area contributed by atoms with Crippen LogP contribution in [0.1, 0.15) is 29.8 Å². The summed E-state index contributed by atoms with van der Waals surface area (Å²) in [7, 11) is -3.47. The summed E-state index contributed by atoms with van der Waals surface area (Å²) in [5.41, 5.74) is 1.60. The lowest BCUT2D eigenvalue weighted by Gasteiger charge is -2.25. The molecule has 10 heteroatoms. The molecule has 1 N–H and O–H groups in total. The molecule has 7 nitrogen and oxygen atoms in total. The molecule has 1 fully saturated rings. The number of thiazole rings is 1. The topological polar surface area (TPSA) is 88.6 Å². The second kappa shape index (κ2) is 9.90. The van der Waals surface area contributed by atoms with Crippen molar-refractivity contribution in [2.75, 3.05) is 18.4 Å². The second-order valence-electron chi connectivity index (χ2n) is 7.16. The molecular weight excluding hydrogens is 454 g/mol. The van der Waals surface area contributed by atoms with Crippen LogP contribution in [-0.2, 0) is 32.6 Å². The van der Waals surface area contributed by atoms with Gasteiger partial charge in [0.1, 0.15) is 10.8 Å². The van der Waals surface area contributed by atoms with Crippen LogP contribution in [0, 0.1) is 0 Å². The number of nitrogens with zero attached hydrogens (tertiary/aromatic N) is 2. The van der Waals surface area contributed by atoms with Gasteiger partial charge < -0.3 is 10.1 Å². The number of ether oxygens (including phenoxy) is 1. The molecule has 3 heterocycles. The lowest BCUT2D eigenvalue weighted by atomic mass is 10.2. The van der Waals surface area contributed by atoms with Crippen LogP contribution >= 0.6 is 22.7 Å². The highest BCUT2D eigenvalue weighted by Gasteiger charge is 2.27. The minimum Gasteiger partial charge on any atom is -0.459 e. The van der Waals surface area contributed by atoms with Gasteiger partial charge in [0.2, 0.25) is 0 Å². The number of benzene rings is 1. The predicted octanol–water partition coefficient (Wildman–Crippen LogP) is 4.41. The third-order valence-corrected chi connectivity index (χ3v) is 9.08. The van der Waals surface area contributed by atoms with Gasteiger partial charge in [0.25, 0.3) is 10.0 Å². The number of rotatable bonds is 8. The molecule has 0 saturated carbocycles. The average molecular weight is 478 g/mol. The highest BCUT2D eigenvalue weighted by atomic mass is 32.2. The molecule has 0 bridgehead atoms. The molecule has 0 unspecified atom stereocenters. The number of aromatic nitrogens is 1. The van der Waals surface area contributed by atoms with E-state index in [0.29, 0.717) is 23.7 Å². The van der Waals surface area contributed by atoms with Gasteiger partial charge >= 0.3 is 5.97 Å². The Morgan fingerprint density at radius 3 is 2.65 bits per heavy atom. The van der Waals surface area contributed by atoms with Crippen LogP contribution in [0.3, 0.4) is 0 Å². The lowest BCUT2D eigenvalue weighted by molar-refractivity contribution is -0.144. The van der Waals surface area contributed by atoms with E-state index in [1.165, 1.54) is 15.6 Å². The first-order valence-electron chi connectivity index (χ1n) is 10.0. The van der Waals surface area contributed by atoms with E-state index in [4.69, 9.17) is 4.74 Å². The van der Waals surface area contributed by atoms with Crippen molar-refractivity contribution < 1.29 is 17.9 Å². The van der Waals surface area contributed by atoms with Crippen LogP contribution in [0.2, 0.25) is 0 Å². The summed E-state index contributed by atoms with van der Waals surface area (Å²) in [6, 6.07) is 13.0. The van der Waals surface area contributed by atoms with Crippen molar-refractivity contribution in [1.29, 1.82) is 0 Å². The number of para-hydroxylation sites is 1. The third-order valence-electron chi connectivity index (χ3n) is 4.82. The number of carbonyl (C=O) groups excluding carboxylic acids is 1. The predicted molar refractivity (Wildman–Crippen MR) is 122 cm³/mol. The number of nitrogens with one attached hydrogen (secondary N) is 1. The summed E-state index contributed by atoms with van der Waals surface area (Å²) in [4.78, 5) is 17.3. The first-order valence-corrected chi connectivity index (χ1v) is 13.2. The number of hydrogen-bond donors (Lipinski definition) is 1. The summed E-state index contributed by atoms with van der Waals surface area (Å²) in [5, 5.41) is 5.77. The van der Waals surface area contributed by atoms with Gasteiger partial charge in [0.05, 0.1) is 12.1 Å². The van der Waals surface area contributed by atoms with E-state index < -0.39 is 16.0 Å². The number of piperidine rings is 1. The molecule has 164 valence electrons. The molecule has 0 atom stereocenters. The van der Waals surface area contributed by atoms with Crippen LogP contribution < -0.4 is 5.32 Å². The van der Waals surface area contributed by atoms with E-state index in [1.807, 2.05) is 35.7 Å². The average Bonchev–Trinajstić information content (AvgIpc) is 3.44. The fraction of sp³-hybridized carbons (Fsp3) is 0.333. The van der Waals surface area contributed by atoms with Gasteiger partial charge in [-0.25, -0.2) is 13.4 Å². The molecule has 31 heavy (non-hydrogen) atoms. The Labute approximate surface area is 189 Å². The van der Waals surface area contributed by atoms with Crippen molar-refractivity contribution in [2.24, 2.45) is 0 Å². The van der Waals surface area contributed by atoms with Crippen LogP contribution in [0.15, 0.2) is 52.1 Å². The summed E-state index contributed by atoms with van der Waals surface area (Å²) in [6.45, 7) is 1.20. The van der Waals surface area contributed by atoms with Gasteiger partial charge in [0, 0.05) is 29.0 Å². The third kappa shape index (κ3) is 5.70. The Morgan fingerprint density at radius 1 is 1.10 bits per heavy atom. The van der Waals surface area contributed by atoms with Gasteiger partial charge in [-0.1, -0.05) is 24.6 Å². The SMILES string of the molecule is O=C(Cc1ccc(S(=O)(=O)N2CCCCC2)s1)OCc1csc(Nc2ccccc2)n1. The van der Waals surface area contributed by atoms with E-state index >= 15 is 0 Å². The number of thiophene rings is 1. The number of carbonyl (C=O) groups is 1. The molecule has 0 amide bonds. The molecule has 2 aromatic heterocycles. The largest absolute Gasteiger partial charge is 0.459 e. The smallest absolute Gasteiger partial charge is 0.311 e. The zero-order valence-corrected chi connectivity index (χ0v) is 19.3. The maximum atomic E-state index is 12.7. The van der Waals surface area contributed by atoms with Gasteiger partial charge in [-0.05, 0) is 37.1 Å². The van der Waals surface area contributed by atoms with Crippen molar-refractivity contribution >= 4 is 49.5 Å². The molecule has 0 spiro atoms. The maximum Gasteiger partial charge on any atom is 0.311 e. The standard InChI is InChI=1S/C21H23N3O4S3/c25-19(28-14-17-15-29-21(23-17)22-16-7-3-1-4-8-16)13-18-9-10-20(30-18)31(26,27)24-11-5-2-6-12-24/h1,3-4,7-10,15H,2,5-6,11-14H2,(H,22,23). The van der Waals surface area contributed by atoms with Gasteiger partial charge in [0.15, 0.2) is 5.13 Å². The Balaban J connectivity index is 1.29. The second-order valence-corrected chi connectivity index (χ2v) is 11.3. The fourth-order valence-corrected chi connectivity index (χ4v) is 6.98. The van der Waals surface area contributed by atoms with Crippen LogP contribution in [0.5, 0.6) is 0 Å². The molecule has 3 aromatic rings. The number of esters is 1. The molecule has 4 rings (SSSR count). The first-order chi connectivity index (χ1) is 15.0. The van der Waals surface area contributed by atoms with E-state index in [1.54, 1.807) is 12.1 Å². The maximum absolute atomic E-state index is 12.7. The summed E-state index contributed by atoms with van der Waals surface area (Å²) >= 11 is 2.57. The van der Waals surface area contributed by atoms with E-state index in [2.05, 4.69) is 10.3 Å². The van der Waals surface area contributed by atoms with Gasteiger partial charge in [-0.15, -0.1) is 22.7 Å². The normalized spacial score (nSPS) is 15.0. The van der Waals surface area contributed by atoms with Crippen molar-refractivity contribution in [3.05, 3.63) is 58.4 Å². The zero-order valence-electron chi connectivity index (χ0n) is 16.8. The quantitative estimate of drug-likeness (QED) is 0.484. The van der Waals surface area contributed by atoms with Crippen LogP contribution in [0.4, 0.5) is 10.8 Å². The number of anilines is 2. The lowest BCUT2D eigenvalue weighted by Crippen LogP contribution is -2.35. The number of sulfonamides is 1. The minimum atomic E-state index is -3.47. The summed E-state index contributed by atoms with van der Waals surface area (Å²) in [5.74, 6) is -0.408. The molecule has 1 aliphatic rings. The van der Waals surface area contributed by atoms with Gasteiger partial charge in [-0.3, -0.25) is 4.79 Å². The number of hydrogen-bond acceptors (Lipinski definition) is 8. The fourth-order valence-electron chi connectivity index (χ4n) is 3.25. The molecule has 0 radical (unpaired) electrons. The Kier molecular flexibility index (Phi) is 7.01. The molecule has 1 aliphatic heterocycles. The molecule has 1 aromatic carbocycles. The molecular formula is C21H23N3O4S3. The Morgan fingerprint density at radius 2 is 1.87 bits per heavy atom. The summed E-state index contributed by atoms with van der Waals surface area (Å²) in [6.07, 6.45) is 2.89. The first kappa shape index (κ1) is 21.9. The monoisotopic (exact) mass is 477 g/mol. The van der Waals surface area contributed by atoms with Crippen molar-refractivity contribution in [3.63, 3.8) is 0 Å².